The summed E-state index contributed by atoms with van der Waals surface area (Å²) >= 11 is 3.45. The third-order valence-electron chi connectivity index (χ3n) is 5.74. The second kappa shape index (κ2) is 12.4. The lowest BCUT2D eigenvalue weighted by atomic mass is 10.1. The SMILES string of the molecule is Cc1cccc(N(CC(=O)N(Cc2cccc(Br)c2)[C@@H](C)C(=O)NC(C)C)S(=O)(=O)c2ccccc2)c1. The average molecular weight is 587 g/mol. The summed E-state index contributed by atoms with van der Waals surface area (Å²) in [6, 6.07) is 21.5. The van der Waals surface area contributed by atoms with Gasteiger partial charge in [0.25, 0.3) is 10.0 Å². The Balaban J connectivity index is 2.02. The summed E-state index contributed by atoms with van der Waals surface area (Å²) in [5.41, 5.74) is 2.03. The lowest BCUT2D eigenvalue weighted by molar-refractivity contribution is -0.139. The first-order chi connectivity index (χ1) is 17.5. The quantitative estimate of drug-likeness (QED) is 0.367. The fourth-order valence-corrected chi connectivity index (χ4v) is 5.72. The van der Waals surface area contributed by atoms with E-state index in [-0.39, 0.29) is 23.4 Å². The minimum absolute atomic E-state index is 0.0773. The number of anilines is 1. The van der Waals surface area contributed by atoms with Crippen molar-refractivity contribution in [3.8, 4) is 0 Å². The first-order valence-corrected chi connectivity index (χ1v) is 14.2. The molecule has 196 valence electrons. The van der Waals surface area contributed by atoms with Gasteiger partial charge in [0, 0.05) is 17.1 Å². The first kappa shape index (κ1) is 28.4. The highest BCUT2D eigenvalue weighted by Crippen LogP contribution is 2.25. The molecule has 3 aromatic carbocycles. The Hall–Kier alpha value is -3.17. The summed E-state index contributed by atoms with van der Waals surface area (Å²) in [5, 5.41) is 2.85. The zero-order valence-electron chi connectivity index (χ0n) is 21.4. The lowest BCUT2D eigenvalue weighted by Gasteiger charge is -2.32. The van der Waals surface area contributed by atoms with E-state index < -0.39 is 28.5 Å². The number of hydrogen-bond acceptors (Lipinski definition) is 4. The topological polar surface area (TPSA) is 86.8 Å². The second-order valence-corrected chi connectivity index (χ2v) is 11.9. The van der Waals surface area contributed by atoms with Crippen LogP contribution in [0.1, 0.15) is 31.9 Å². The summed E-state index contributed by atoms with van der Waals surface area (Å²) < 4.78 is 29.4. The Morgan fingerprint density at radius 2 is 1.59 bits per heavy atom. The Morgan fingerprint density at radius 3 is 2.22 bits per heavy atom. The molecule has 3 rings (SSSR count). The Kier molecular flexibility index (Phi) is 9.50. The number of hydrogen-bond donors (Lipinski definition) is 1. The van der Waals surface area contributed by atoms with E-state index in [1.165, 1.54) is 17.0 Å². The molecule has 0 saturated carbocycles. The molecule has 9 heteroatoms. The van der Waals surface area contributed by atoms with Gasteiger partial charge in [-0.05, 0) is 75.2 Å². The maximum atomic E-state index is 13.8. The van der Waals surface area contributed by atoms with Crippen LogP contribution in [-0.4, -0.2) is 43.8 Å². The van der Waals surface area contributed by atoms with Crippen molar-refractivity contribution in [2.75, 3.05) is 10.8 Å². The number of rotatable bonds is 10. The molecule has 0 aliphatic rings. The van der Waals surface area contributed by atoms with Crippen molar-refractivity contribution in [3.05, 3.63) is 94.5 Å². The molecule has 7 nitrogen and oxygen atoms in total. The first-order valence-electron chi connectivity index (χ1n) is 12.0. The summed E-state index contributed by atoms with van der Waals surface area (Å²) in [6.07, 6.45) is 0. The number of sulfonamides is 1. The van der Waals surface area contributed by atoms with E-state index in [0.29, 0.717) is 5.69 Å². The van der Waals surface area contributed by atoms with E-state index in [2.05, 4.69) is 21.2 Å². The van der Waals surface area contributed by atoms with Gasteiger partial charge in [0.15, 0.2) is 0 Å². The molecule has 3 aromatic rings. The molecule has 1 atom stereocenters. The van der Waals surface area contributed by atoms with Crippen molar-refractivity contribution in [2.45, 2.75) is 51.2 Å². The van der Waals surface area contributed by atoms with Gasteiger partial charge in [0.05, 0.1) is 10.6 Å². The third-order valence-corrected chi connectivity index (χ3v) is 8.02. The number of halogens is 1. The van der Waals surface area contributed by atoms with Crippen molar-refractivity contribution in [2.24, 2.45) is 0 Å². The average Bonchev–Trinajstić information content (AvgIpc) is 2.85. The van der Waals surface area contributed by atoms with Crippen molar-refractivity contribution in [1.82, 2.24) is 10.2 Å². The highest BCUT2D eigenvalue weighted by molar-refractivity contribution is 9.10. The molecule has 0 aliphatic heterocycles. The van der Waals surface area contributed by atoms with Crippen LogP contribution in [-0.2, 0) is 26.2 Å². The van der Waals surface area contributed by atoms with Crippen molar-refractivity contribution in [1.29, 1.82) is 0 Å². The van der Waals surface area contributed by atoms with Crippen LogP contribution in [0.4, 0.5) is 5.69 Å². The molecule has 0 aromatic heterocycles. The molecule has 0 radical (unpaired) electrons. The molecule has 0 unspecified atom stereocenters. The van der Waals surface area contributed by atoms with Gasteiger partial charge in [-0.2, -0.15) is 0 Å². The minimum atomic E-state index is -4.07. The van der Waals surface area contributed by atoms with Gasteiger partial charge in [0.1, 0.15) is 12.6 Å². The van der Waals surface area contributed by atoms with E-state index in [1.54, 1.807) is 43.3 Å². The standard InChI is InChI=1S/C28H32BrN3O4S/c1-20(2)30-28(34)22(4)31(18-23-11-9-12-24(29)17-23)27(33)19-32(25-13-8-10-21(3)16-25)37(35,36)26-14-6-5-7-15-26/h5-17,20,22H,18-19H2,1-4H3,(H,30,34)/t22-/m0/s1. The summed E-state index contributed by atoms with van der Waals surface area (Å²) in [7, 11) is -4.07. The summed E-state index contributed by atoms with van der Waals surface area (Å²) in [5.74, 6) is -0.807. The molecule has 0 bridgehead atoms. The molecule has 37 heavy (non-hydrogen) atoms. The van der Waals surface area contributed by atoms with Crippen LogP contribution in [0.5, 0.6) is 0 Å². The number of nitrogens with one attached hydrogen (secondary N) is 1. The number of benzene rings is 3. The van der Waals surface area contributed by atoms with E-state index in [9.17, 15) is 18.0 Å². The van der Waals surface area contributed by atoms with Crippen molar-refractivity contribution in [3.63, 3.8) is 0 Å². The van der Waals surface area contributed by atoms with Gasteiger partial charge >= 0.3 is 0 Å². The van der Waals surface area contributed by atoms with Crippen molar-refractivity contribution < 1.29 is 18.0 Å². The third kappa shape index (κ3) is 7.42. The van der Waals surface area contributed by atoms with E-state index >= 15 is 0 Å². The summed E-state index contributed by atoms with van der Waals surface area (Å²) in [6.45, 7) is 6.87. The van der Waals surface area contributed by atoms with Gasteiger partial charge in [-0.1, -0.05) is 58.4 Å². The molecule has 0 fully saturated rings. The van der Waals surface area contributed by atoms with Gasteiger partial charge < -0.3 is 10.2 Å². The fraction of sp³-hybridized carbons (Fsp3) is 0.286. The maximum Gasteiger partial charge on any atom is 0.264 e. The minimum Gasteiger partial charge on any atom is -0.352 e. The van der Waals surface area contributed by atoms with Crippen LogP contribution in [0.15, 0.2) is 88.2 Å². The number of amides is 2. The molecular weight excluding hydrogens is 554 g/mol. The largest absolute Gasteiger partial charge is 0.352 e. The van der Waals surface area contributed by atoms with Crippen LogP contribution < -0.4 is 9.62 Å². The lowest BCUT2D eigenvalue weighted by Crippen LogP contribution is -2.52. The number of aryl methyl sites for hydroxylation is 1. The highest BCUT2D eigenvalue weighted by Gasteiger charge is 2.32. The Labute approximate surface area is 227 Å². The Bertz CT molecular complexity index is 1350. The van der Waals surface area contributed by atoms with Crippen LogP contribution in [0, 0.1) is 6.92 Å². The zero-order valence-corrected chi connectivity index (χ0v) is 23.8. The van der Waals surface area contributed by atoms with Crippen LogP contribution in [0.25, 0.3) is 0 Å². The molecule has 1 N–H and O–H groups in total. The van der Waals surface area contributed by atoms with Gasteiger partial charge in [-0.3, -0.25) is 13.9 Å². The molecule has 2 amide bonds. The normalized spacial score (nSPS) is 12.2. The smallest absolute Gasteiger partial charge is 0.264 e. The molecule has 0 heterocycles. The number of carbonyl (C=O) groups excluding carboxylic acids is 2. The van der Waals surface area contributed by atoms with Crippen LogP contribution in [0.3, 0.4) is 0 Å². The van der Waals surface area contributed by atoms with E-state index in [0.717, 1.165) is 19.9 Å². The van der Waals surface area contributed by atoms with Gasteiger partial charge in [-0.15, -0.1) is 0 Å². The van der Waals surface area contributed by atoms with E-state index in [1.807, 2.05) is 51.1 Å². The zero-order chi connectivity index (χ0) is 27.2. The monoisotopic (exact) mass is 585 g/mol. The molecule has 0 saturated heterocycles. The van der Waals surface area contributed by atoms with Crippen molar-refractivity contribution >= 4 is 43.5 Å². The fourth-order valence-electron chi connectivity index (χ4n) is 3.85. The predicted octanol–water partition coefficient (Wildman–Crippen LogP) is 4.89. The maximum absolute atomic E-state index is 13.8. The number of nitrogens with zero attached hydrogens (tertiary/aromatic N) is 2. The second-order valence-electron chi connectivity index (χ2n) is 9.15. The van der Waals surface area contributed by atoms with Gasteiger partial charge in [0.2, 0.25) is 11.8 Å². The Morgan fingerprint density at radius 1 is 0.919 bits per heavy atom. The number of carbonyl (C=O) groups is 2. The molecule has 0 spiro atoms. The van der Waals surface area contributed by atoms with Crippen LogP contribution in [0.2, 0.25) is 0 Å². The molecular formula is C28H32BrN3O4S. The van der Waals surface area contributed by atoms with Crippen LogP contribution >= 0.6 is 15.9 Å². The van der Waals surface area contributed by atoms with E-state index in [4.69, 9.17) is 0 Å². The highest BCUT2D eigenvalue weighted by atomic mass is 79.9. The summed E-state index contributed by atoms with van der Waals surface area (Å²) in [4.78, 5) is 28.3. The van der Waals surface area contributed by atoms with Gasteiger partial charge in [-0.25, -0.2) is 8.42 Å². The predicted molar refractivity (Wildman–Crippen MR) is 150 cm³/mol. The molecule has 0 aliphatic carbocycles.